The average Bonchev–Trinajstić information content (AvgIpc) is 3.68. The van der Waals surface area contributed by atoms with Crippen LogP contribution in [-0.2, 0) is 4.74 Å². The van der Waals surface area contributed by atoms with Crippen molar-refractivity contribution in [1.29, 1.82) is 0 Å². The molecule has 0 radical (unpaired) electrons. The zero-order valence-corrected chi connectivity index (χ0v) is 26.7. The van der Waals surface area contributed by atoms with Crippen LogP contribution in [0.4, 0.5) is 13.6 Å². The summed E-state index contributed by atoms with van der Waals surface area (Å²) in [5.74, 6) is 1.55. The Morgan fingerprint density at radius 3 is 2.36 bits per heavy atom. The molecule has 4 aromatic rings. The van der Waals surface area contributed by atoms with Gasteiger partial charge in [-0.05, 0) is 94.8 Å². The van der Waals surface area contributed by atoms with Crippen molar-refractivity contribution in [3.05, 3.63) is 83.7 Å². The van der Waals surface area contributed by atoms with Crippen molar-refractivity contribution < 1.29 is 27.8 Å². The number of ether oxygens (including phenoxy) is 2. The number of aromatic nitrogens is 2. The number of imidazole rings is 1. The summed E-state index contributed by atoms with van der Waals surface area (Å²) in [4.78, 5) is 30.3. The zero-order chi connectivity index (χ0) is 32.5. The molecule has 6 rings (SSSR count). The van der Waals surface area contributed by atoms with Crippen LogP contribution >= 0.6 is 0 Å². The number of amides is 1. The lowest BCUT2D eigenvalue weighted by molar-refractivity contribution is -0.0498. The summed E-state index contributed by atoms with van der Waals surface area (Å²) in [5, 5.41) is 0. The number of ketones is 1. The molecule has 2 aliphatic heterocycles. The van der Waals surface area contributed by atoms with Crippen molar-refractivity contribution in [3.8, 4) is 16.9 Å². The quantitative estimate of drug-likeness (QED) is 0.209. The number of alkyl halides is 2. The van der Waals surface area contributed by atoms with Gasteiger partial charge in [0.05, 0.1) is 17.1 Å². The standard InChI is InChI=1S/C27H33N3O2.C9H8F2O2/c1-17-15-18(2)30-24-16-21(12-13-22(24)28-25(17)30)19-8-10-20(11-9-19)23-7-6-14-29(23)26(31)32-27(3,4)5;1-6(12)7-3-2-4-8(5-7)13-9(10)11/h8-13,16-18,23H,6-7,14-15H2,1-5H3;2-5,9H,1H3. The minimum atomic E-state index is -2.86. The van der Waals surface area contributed by atoms with Crippen LogP contribution in [0.15, 0.2) is 66.7 Å². The second kappa shape index (κ2) is 13.0. The molecule has 1 amide bonds. The molecule has 7 nitrogen and oxygen atoms in total. The first-order valence-corrected chi connectivity index (χ1v) is 15.5. The molecule has 3 unspecified atom stereocenters. The number of hydrogen-bond acceptors (Lipinski definition) is 5. The molecule has 0 N–H and O–H groups in total. The number of rotatable bonds is 5. The monoisotopic (exact) mass is 617 g/mol. The number of carbonyl (C=O) groups excluding carboxylic acids is 2. The van der Waals surface area contributed by atoms with E-state index in [1.54, 1.807) is 6.07 Å². The molecule has 3 aromatic carbocycles. The third-order valence-electron chi connectivity index (χ3n) is 8.27. The van der Waals surface area contributed by atoms with Crippen molar-refractivity contribution in [1.82, 2.24) is 14.5 Å². The maximum atomic E-state index is 12.7. The number of Topliss-reactive ketones (excluding diaryl/α,β-unsaturated/α-hetero) is 1. The van der Waals surface area contributed by atoms with Crippen LogP contribution in [0.25, 0.3) is 22.2 Å². The van der Waals surface area contributed by atoms with Crippen LogP contribution in [0.2, 0.25) is 0 Å². The number of halogens is 2. The van der Waals surface area contributed by atoms with E-state index in [0.717, 1.165) is 31.3 Å². The number of nitrogens with zero attached hydrogens (tertiary/aromatic N) is 3. The van der Waals surface area contributed by atoms with Crippen LogP contribution < -0.4 is 4.74 Å². The fourth-order valence-electron chi connectivity index (χ4n) is 6.27. The molecule has 1 saturated heterocycles. The first-order chi connectivity index (χ1) is 21.3. The molecule has 1 aromatic heterocycles. The van der Waals surface area contributed by atoms with Gasteiger partial charge in [-0.1, -0.05) is 49.4 Å². The molecule has 2 aliphatic rings. The van der Waals surface area contributed by atoms with Gasteiger partial charge in [0.15, 0.2) is 5.78 Å². The maximum absolute atomic E-state index is 12.7. The van der Waals surface area contributed by atoms with Crippen molar-refractivity contribution >= 4 is 22.9 Å². The van der Waals surface area contributed by atoms with Gasteiger partial charge in [-0.15, -0.1) is 0 Å². The molecule has 3 atom stereocenters. The number of likely N-dealkylation sites (tertiary alicyclic amines) is 1. The van der Waals surface area contributed by atoms with Gasteiger partial charge in [0, 0.05) is 24.1 Å². The predicted octanol–water partition coefficient (Wildman–Crippen LogP) is 9.33. The summed E-state index contributed by atoms with van der Waals surface area (Å²) in [6.07, 6.45) is 2.92. The first-order valence-electron chi connectivity index (χ1n) is 15.5. The summed E-state index contributed by atoms with van der Waals surface area (Å²) in [5.41, 5.74) is 5.75. The summed E-state index contributed by atoms with van der Waals surface area (Å²) in [6, 6.07) is 21.5. The normalized spacial score (nSPS) is 19.3. The molecule has 9 heteroatoms. The van der Waals surface area contributed by atoms with Crippen LogP contribution in [0, 0.1) is 0 Å². The van der Waals surface area contributed by atoms with Gasteiger partial charge in [0.1, 0.15) is 17.2 Å². The topological polar surface area (TPSA) is 73.7 Å². The van der Waals surface area contributed by atoms with E-state index in [-0.39, 0.29) is 23.7 Å². The summed E-state index contributed by atoms with van der Waals surface area (Å²) in [7, 11) is 0. The number of fused-ring (bicyclic) bond motifs is 3. The van der Waals surface area contributed by atoms with E-state index < -0.39 is 12.2 Å². The third-order valence-corrected chi connectivity index (χ3v) is 8.27. The first kappa shape index (κ1) is 32.1. The molecule has 0 aliphatic carbocycles. The fourth-order valence-corrected chi connectivity index (χ4v) is 6.27. The fraction of sp³-hybridized carbons (Fsp3) is 0.417. The average molecular weight is 618 g/mol. The van der Waals surface area contributed by atoms with Gasteiger partial charge in [-0.3, -0.25) is 4.79 Å². The smallest absolute Gasteiger partial charge is 0.410 e. The summed E-state index contributed by atoms with van der Waals surface area (Å²) in [6.45, 7) is 9.55. The van der Waals surface area contributed by atoms with E-state index >= 15 is 0 Å². The summed E-state index contributed by atoms with van der Waals surface area (Å²) < 4.78 is 35.7. The molecule has 3 heterocycles. The Balaban J connectivity index is 0.000000259. The molecular formula is C36H41F2N3O4. The predicted molar refractivity (Wildman–Crippen MR) is 171 cm³/mol. The van der Waals surface area contributed by atoms with Gasteiger partial charge >= 0.3 is 12.7 Å². The molecule has 0 saturated carbocycles. The lowest BCUT2D eigenvalue weighted by Gasteiger charge is -2.29. The number of benzene rings is 3. The van der Waals surface area contributed by atoms with Gasteiger partial charge in [-0.25, -0.2) is 9.78 Å². The van der Waals surface area contributed by atoms with E-state index in [1.165, 1.54) is 53.2 Å². The van der Waals surface area contributed by atoms with Gasteiger partial charge in [-0.2, -0.15) is 8.78 Å². The number of hydrogen-bond donors (Lipinski definition) is 0. The molecule has 1 fully saturated rings. The minimum absolute atomic E-state index is 0.00250. The molecular weight excluding hydrogens is 576 g/mol. The maximum Gasteiger partial charge on any atom is 0.410 e. The molecule has 238 valence electrons. The van der Waals surface area contributed by atoms with Crippen LogP contribution in [0.1, 0.15) is 101 Å². The van der Waals surface area contributed by atoms with Gasteiger partial charge in [0.2, 0.25) is 0 Å². The lowest BCUT2D eigenvalue weighted by Crippen LogP contribution is -2.36. The third kappa shape index (κ3) is 7.35. The van der Waals surface area contributed by atoms with E-state index in [4.69, 9.17) is 9.72 Å². The Kier molecular flexibility index (Phi) is 9.28. The highest BCUT2D eigenvalue weighted by atomic mass is 19.3. The van der Waals surface area contributed by atoms with Crippen molar-refractivity contribution in [2.45, 2.75) is 91.0 Å². The second-order valence-electron chi connectivity index (χ2n) is 12.9. The highest BCUT2D eigenvalue weighted by molar-refractivity contribution is 5.94. The Hall–Kier alpha value is -4.27. The van der Waals surface area contributed by atoms with Crippen molar-refractivity contribution in [3.63, 3.8) is 0 Å². The van der Waals surface area contributed by atoms with Gasteiger partial charge in [0.25, 0.3) is 0 Å². The van der Waals surface area contributed by atoms with Crippen LogP contribution in [-0.4, -0.2) is 45.1 Å². The Labute approximate surface area is 263 Å². The van der Waals surface area contributed by atoms with E-state index in [2.05, 4.69) is 65.6 Å². The number of carbonyl (C=O) groups is 2. The van der Waals surface area contributed by atoms with Crippen molar-refractivity contribution in [2.24, 2.45) is 0 Å². The van der Waals surface area contributed by atoms with E-state index in [9.17, 15) is 18.4 Å². The Bertz CT molecular complexity index is 1680. The largest absolute Gasteiger partial charge is 0.444 e. The molecule has 0 spiro atoms. The Morgan fingerprint density at radius 1 is 0.978 bits per heavy atom. The lowest BCUT2D eigenvalue weighted by atomic mass is 9.99. The molecule has 45 heavy (non-hydrogen) atoms. The van der Waals surface area contributed by atoms with E-state index in [1.807, 2.05) is 25.7 Å². The van der Waals surface area contributed by atoms with Crippen LogP contribution in [0.3, 0.4) is 0 Å². The molecule has 0 bridgehead atoms. The van der Waals surface area contributed by atoms with E-state index in [0.29, 0.717) is 17.5 Å². The minimum Gasteiger partial charge on any atom is -0.444 e. The van der Waals surface area contributed by atoms with Gasteiger partial charge < -0.3 is 18.9 Å². The SMILES string of the molecule is CC(=O)c1cccc(OC(F)F)c1.CC1CC(C)n2c1nc1ccc(-c3ccc(C4CCCN4C(=O)OC(C)(C)C)cc3)cc12. The zero-order valence-electron chi connectivity index (χ0n) is 26.7. The van der Waals surface area contributed by atoms with Crippen LogP contribution in [0.5, 0.6) is 5.75 Å². The highest BCUT2D eigenvalue weighted by Gasteiger charge is 2.33. The highest BCUT2D eigenvalue weighted by Crippen LogP contribution is 2.40. The Morgan fingerprint density at radius 2 is 1.69 bits per heavy atom. The summed E-state index contributed by atoms with van der Waals surface area (Å²) >= 11 is 0. The second-order valence-corrected chi connectivity index (χ2v) is 12.9. The van der Waals surface area contributed by atoms with Crippen molar-refractivity contribution in [2.75, 3.05) is 6.54 Å².